The highest BCUT2D eigenvalue weighted by Gasteiger charge is 2.27. The van der Waals surface area contributed by atoms with Crippen LogP contribution in [0.15, 0.2) is 0 Å². The summed E-state index contributed by atoms with van der Waals surface area (Å²) in [7, 11) is 0. The van der Waals surface area contributed by atoms with Crippen molar-refractivity contribution in [2.45, 2.75) is 106 Å². The molecule has 30 heavy (non-hydrogen) atoms. The van der Waals surface area contributed by atoms with Gasteiger partial charge >= 0.3 is 0 Å². The Kier molecular flexibility index (Phi) is 14.3. The van der Waals surface area contributed by atoms with E-state index >= 15 is 0 Å². The molecule has 1 rings (SSSR count). The summed E-state index contributed by atoms with van der Waals surface area (Å²) < 4.78 is 0. The molecule has 6 heteroatoms. The lowest BCUT2D eigenvalue weighted by Gasteiger charge is -2.32. The van der Waals surface area contributed by atoms with Gasteiger partial charge in [0, 0.05) is 13.8 Å². The van der Waals surface area contributed by atoms with E-state index in [0.29, 0.717) is 23.7 Å². The molecule has 174 valence electrons. The fraction of sp³-hybridized carbons (Fsp3) is 0.667. The van der Waals surface area contributed by atoms with Gasteiger partial charge in [-0.15, -0.1) is 0 Å². The summed E-state index contributed by atoms with van der Waals surface area (Å²) in [5.74, 6) is -0.178. The van der Waals surface area contributed by atoms with Gasteiger partial charge in [0.2, 0.25) is 0 Å². The summed E-state index contributed by atoms with van der Waals surface area (Å²) in [6, 6.07) is 0. The molecule has 1 aromatic carbocycles. The lowest BCUT2D eigenvalue weighted by Crippen LogP contribution is -2.17. The molecule has 0 amide bonds. The van der Waals surface area contributed by atoms with Crippen molar-refractivity contribution in [3.05, 3.63) is 33.4 Å². The molecule has 0 aliphatic rings. The van der Waals surface area contributed by atoms with Crippen LogP contribution in [0.1, 0.15) is 126 Å². The molecule has 4 N–H and O–H groups in total. The number of aliphatic carboxylic acids is 2. The number of aliphatic hydroxyl groups is 2. The molecule has 1 aromatic rings. The third-order valence-electron chi connectivity index (χ3n) is 4.51. The first kappa shape index (κ1) is 30.3. The lowest BCUT2D eigenvalue weighted by molar-refractivity contribution is -0.135. The van der Waals surface area contributed by atoms with Crippen LogP contribution in [0.5, 0.6) is 0 Å². The van der Waals surface area contributed by atoms with E-state index in [1.807, 2.05) is 0 Å². The Hall–Kier alpha value is -1.92. The minimum atomic E-state index is -0.833. The minimum Gasteiger partial charge on any atom is -0.481 e. The quantitative estimate of drug-likeness (QED) is 0.487. The van der Waals surface area contributed by atoms with Gasteiger partial charge in [0.25, 0.3) is 11.9 Å². The van der Waals surface area contributed by atoms with Gasteiger partial charge in [0.05, 0.1) is 13.2 Å². The van der Waals surface area contributed by atoms with E-state index < -0.39 is 11.9 Å². The number of carboxylic acids is 2. The fourth-order valence-electron chi connectivity index (χ4n) is 3.86. The Labute approximate surface area is 182 Å². The van der Waals surface area contributed by atoms with Crippen molar-refractivity contribution in [1.29, 1.82) is 0 Å². The summed E-state index contributed by atoms with van der Waals surface area (Å²) in [6.45, 7) is 19.8. The first-order valence-corrected chi connectivity index (χ1v) is 10.5. The highest BCUT2D eigenvalue weighted by molar-refractivity contribution is 5.63. The van der Waals surface area contributed by atoms with E-state index in [9.17, 15) is 10.2 Å². The standard InChI is InChI=1S/C20H34O2.2C2H4O2/c1-11(2)17-15(9-21)16(10-22)18(12(3)4)20(14(7)8)19(17)13(5)6;2*1-2(3)4/h11-14,21-22H,9-10H2,1-8H3;2*1H3,(H,3,4). The lowest BCUT2D eigenvalue weighted by atomic mass is 9.73. The second-order valence-electron chi connectivity index (χ2n) is 8.58. The summed E-state index contributed by atoms with van der Waals surface area (Å²) in [5, 5.41) is 34.9. The van der Waals surface area contributed by atoms with Gasteiger partial charge in [-0.1, -0.05) is 55.4 Å². The molecule has 6 nitrogen and oxygen atoms in total. The molecule has 0 bridgehead atoms. The van der Waals surface area contributed by atoms with Crippen molar-refractivity contribution < 1.29 is 30.0 Å². The first-order valence-electron chi connectivity index (χ1n) is 10.5. The molecule has 0 heterocycles. The predicted octanol–water partition coefficient (Wildman–Crippen LogP) is 5.35. The average Bonchev–Trinajstić information content (AvgIpc) is 2.57. The monoisotopic (exact) mass is 426 g/mol. The van der Waals surface area contributed by atoms with E-state index in [0.717, 1.165) is 25.0 Å². The molecule has 0 spiro atoms. The minimum absolute atomic E-state index is 0.00121. The Balaban J connectivity index is 0. The second kappa shape index (κ2) is 14.1. The first-order chi connectivity index (χ1) is 13.6. The molecule has 0 fully saturated rings. The van der Waals surface area contributed by atoms with Gasteiger partial charge in [0.15, 0.2) is 0 Å². The molecular formula is C24H42O6. The molecule has 0 aliphatic carbocycles. The second-order valence-corrected chi connectivity index (χ2v) is 8.58. The number of carboxylic acid groups (broad SMARTS) is 2. The summed E-state index contributed by atoms with van der Waals surface area (Å²) in [6.07, 6.45) is 0. The van der Waals surface area contributed by atoms with Crippen LogP contribution in [0.3, 0.4) is 0 Å². The Bertz CT molecular complexity index is 621. The number of carbonyl (C=O) groups is 2. The maximum absolute atomic E-state index is 10.0. The van der Waals surface area contributed by atoms with E-state index in [1.54, 1.807) is 0 Å². The van der Waals surface area contributed by atoms with E-state index in [2.05, 4.69) is 55.4 Å². The van der Waals surface area contributed by atoms with Crippen molar-refractivity contribution in [3.63, 3.8) is 0 Å². The highest BCUT2D eigenvalue weighted by Crippen LogP contribution is 2.43. The summed E-state index contributed by atoms with van der Waals surface area (Å²) >= 11 is 0. The van der Waals surface area contributed by atoms with E-state index in [1.165, 1.54) is 22.3 Å². The van der Waals surface area contributed by atoms with E-state index in [4.69, 9.17) is 19.8 Å². The van der Waals surface area contributed by atoms with Crippen molar-refractivity contribution in [3.8, 4) is 0 Å². The van der Waals surface area contributed by atoms with Crippen molar-refractivity contribution in [1.82, 2.24) is 0 Å². The van der Waals surface area contributed by atoms with Gasteiger partial charge in [-0.2, -0.15) is 0 Å². The van der Waals surface area contributed by atoms with Crippen molar-refractivity contribution in [2.24, 2.45) is 0 Å². The zero-order chi connectivity index (χ0) is 24.3. The number of rotatable bonds is 6. The smallest absolute Gasteiger partial charge is 0.300 e. The molecule has 0 unspecified atom stereocenters. The van der Waals surface area contributed by atoms with Crippen LogP contribution in [-0.2, 0) is 22.8 Å². The summed E-state index contributed by atoms with van der Waals surface area (Å²) in [4.78, 5) is 18.0. The van der Waals surface area contributed by atoms with Gasteiger partial charge in [-0.3, -0.25) is 9.59 Å². The number of benzene rings is 1. The van der Waals surface area contributed by atoms with Crippen LogP contribution < -0.4 is 0 Å². The Morgan fingerprint density at radius 2 is 0.733 bits per heavy atom. The predicted molar refractivity (Wildman–Crippen MR) is 121 cm³/mol. The van der Waals surface area contributed by atoms with Crippen molar-refractivity contribution >= 4 is 11.9 Å². The molecule has 0 atom stereocenters. The maximum Gasteiger partial charge on any atom is 0.300 e. The van der Waals surface area contributed by atoms with Crippen LogP contribution in [-0.4, -0.2) is 32.4 Å². The van der Waals surface area contributed by atoms with Gasteiger partial charge in [0.1, 0.15) is 0 Å². The van der Waals surface area contributed by atoms with Crippen LogP contribution >= 0.6 is 0 Å². The number of hydrogen-bond acceptors (Lipinski definition) is 4. The number of aliphatic hydroxyl groups excluding tert-OH is 2. The molecule has 0 aromatic heterocycles. The number of hydrogen-bond donors (Lipinski definition) is 4. The molecular weight excluding hydrogens is 384 g/mol. The molecule has 0 aliphatic heterocycles. The van der Waals surface area contributed by atoms with Gasteiger partial charge in [-0.05, 0) is 57.1 Å². The third-order valence-corrected chi connectivity index (χ3v) is 4.51. The summed E-state index contributed by atoms with van der Waals surface area (Å²) in [5.41, 5.74) is 7.16. The molecule has 0 saturated heterocycles. The zero-order valence-electron chi connectivity index (χ0n) is 20.3. The SMILES string of the molecule is CC(=O)O.CC(=O)O.CC(C)c1c(CO)c(CO)c(C(C)C)c(C(C)C)c1C(C)C. The topological polar surface area (TPSA) is 115 Å². The largest absolute Gasteiger partial charge is 0.481 e. The normalized spacial score (nSPS) is 10.7. The van der Waals surface area contributed by atoms with Crippen molar-refractivity contribution in [2.75, 3.05) is 0 Å². The Morgan fingerprint density at radius 3 is 0.833 bits per heavy atom. The highest BCUT2D eigenvalue weighted by atomic mass is 16.4. The van der Waals surface area contributed by atoms with E-state index in [-0.39, 0.29) is 13.2 Å². The molecule has 0 radical (unpaired) electrons. The third kappa shape index (κ3) is 9.26. The molecule has 0 saturated carbocycles. The zero-order valence-corrected chi connectivity index (χ0v) is 20.3. The maximum atomic E-state index is 10.0. The average molecular weight is 427 g/mol. The van der Waals surface area contributed by atoms with Crippen LogP contribution in [0.2, 0.25) is 0 Å². The Morgan fingerprint density at radius 1 is 0.567 bits per heavy atom. The van der Waals surface area contributed by atoms with Gasteiger partial charge in [-0.25, -0.2) is 0 Å². The van der Waals surface area contributed by atoms with Gasteiger partial charge < -0.3 is 20.4 Å². The van der Waals surface area contributed by atoms with Crippen LogP contribution in [0, 0.1) is 0 Å². The van der Waals surface area contributed by atoms with Crippen LogP contribution in [0.4, 0.5) is 0 Å². The van der Waals surface area contributed by atoms with Crippen LogP contribution in [0.25, 0.3) is 0 Å². The fourth-order valence-corrected chi connectivity index (χ4v) is 3.86.